The van der Waals surface area contributed by atoms with Crippen molar-refractivity contribution >= 4 is 18.3 Å². The predicted molar refractivity (Wildman–Crippen MR) is 84.3 cm³/mol. The number of nitrogens with one attached hydrogen (secondary N) is 1. The standard InChI is InChI=1S/C14H23N5O2.ClH/c20-14(18-7-9-21-10-8-18)13-11-19(17-16-13)6-4-12-3-1-2-5-15-12;/h11-12,15H,1-10H2;1H. The number of ether oxygens (including phenoxy) is 1. The third-order valence-corrected chi connectivity index (χ3v) is 4.18. The smallest absolute Gasteiger partial charge is 0.276 e. The average Bonchev–Trinajstić information content (AvgIpc) is 3.03. The van der Waals surface area contributed by atoms with Crippen LogP contribution >= 0.6 is 12.4 Å². The summed E-state index contributed by atoms with van der Waals surface area (Å²) in [6.45, 7) is 4.40. The van der Waals surface area contributed by atoms with Gasteiger partial charge in [-0.2, -0.15) is 0 Å². The Bertz CT molecular complexity index is 470. The molecule has 1 aromatic heterocycles. The van der Waals surface area contributed by atoms with Crippen LogP contribution in [0.1, 0.15) is 36.2 Å². The van der Waals surface area contributed by atoms with Crippen LogP contribution in [0.15, 0.2) is 6.20 Å². The summed E-state index contributed by atoms with van der Waals surface area (Å²) in [5.74, 6) is -0.0414. The second kappa shape index (κ2) is 8.45. The summed E-state index contributed by atoms with van der Waals surface area (Å²) in [6, 6.07) is 0.571. The van der Waals surface area contributed by atoms with Crippen molar-refractivity contribution in [2.75, 3.05) is 32.8 Å². The molecular formula is C14H24ClN5O2. The SMILES string of the molecule is Cl.O=C(c1cn(CCC2CCCCN2)nn1)N1CCOCC1. The molecule has 1 aromatic rings. The number of carbonyl (C=O) groups excluding carboxylic acids is 1. The maximum atomic E-state index is 12.3. The number of aromatic nitrogens is 3. The molecule has 3 heterocycles. The number of nitrogens with zero attached hydrogens (tertiary/aromatic N) is 4. The van der Waals surface area contributed by atoms with Crippen LogP contribution in [0, 0.1) is 0 Å². The highest BCUT2D eigenvalue weighted by Crippen LogP contribution is 2.11. The molecule has 0 spiro atoms. The predicted octanol–water partition coefficient (Wildman–Crippen LogP) is 0.705. The summed E-state index contributed by atoms with van der Waals surface area (Å²) >= 11 is 0. The van der Waals surface area contributed by atoms with Crippen LogP contribution in [0.5, 0.6) is 0 Å². The Morgan fingerprint density at radius 1 is 1.36 bits per heavy atom. The fourth-order valence-corrected chi connectivity index (χ4v) is 2.89. The first-order valence-electron chi connectivity index (χ1n) is 7.83. The lowest BCUT2D eigenvalue weighted by molar-refractivity contribution is 0.0299. The monoisotopic (exact) mass is 329 g/mol. The Morgan fingerprint density at radius 3 is 2.91 bits per heavy atom. The Balaban J connectivity index is 0.00000176. The van der Waals surface area contributed by atoms with Gasteiger partial charge in [0.15, 0.2) is 5.69 Å². The molecule has 2 aliphatic heterocycles. The summed E-state index contributed by atoms with van der Waals surface area (Å²) in [7, 11) is 0. The summed E-state index contributed by atoms with van der Waals surface area (Å²) in [4.78, 5) is 14.0. The van der Waals surface area contributed by atoms with Gasteiger partial charge < -0.3 is 15.0 Å². The number of rotatable bonds is 4. The fraction of sp³-hybridized carbons (Fsp3) is 0.786. The second-order valence-corrected chi connectivity index (χ2v) is 5.71. The Kier molecular flexibility index (Phi) is 6.60. The van der Waals surface area contributed by atoms with Crippen molar-refractivity contribution in [3.05, 3.63) is 11.9 Å². The molecule has 2 aliphatic rings. The van der Waals surface area contributed by atoms with Crippen molar-refractivity contribution in [1.29, 1.82) is 0 Å². The molecule has 0 aromatic carbocycles. The number of hydrogen-bond acceptors (Lipinski definition) is 5. The molecule has 124 valence electrons. The minimum atomic E-state index is -0.0414. The quantitative estimate of drug-likeness (QED) is 0.880. The fourth-order valence-electron chi connectivity index (χ4n) is 2.89. The Labute approximate surface area is 136 Å². The van der Waals surface area contributed by atoms with Crippen LogP contribution in [-0.4, -0.2) is 64.7 Å². The van der Waals surface area contributed by atoms with E-state index in [1.807, 2.05) is 0 Å². The zero-order valence-corrected chi connectivity index (χ0v) is 13.6. The van der Waals surface area contributed by atoms with Gasteiger partial charge in [0.25, 0.3) is 5.91 Å². The molecule has 1 unspecified atom stereocenters. The molecule has 1 N–H and O–H groups in total. The number of aryl methyl sites for hydroxylation is 1. The van der Waals surface area contributed by atoms with Gasteiger partial charge in [-0.05, 0) is 25.8 Å². The first-order chi connectivity index (χ1) is 10.3. The van der Waals surface area contributed by atoms with E-state index in [-0.39, 0.29) is 18.3 Å². The second-order valence-electron chi connectivity index (χ2n) is 5.71. The molecule has 7 nitrogen and oxygen atoms in total. The van der Waals surface area contributed by atoms with Gasteiger partial charge in [-0.1, -0.05) is 11.6 Å². The van der Waals surface area contributed by atoms with E-state index in [9.17, 15) is 4.79 Å². The van der Waals surface area contributed by atoms with E-state index in [1.165, 1.54) is 19.3 Å². The topological polar surface area (TPSA) is 72.3 Å². The van der Waals surface area contributed by atoms with Gasteiger partial charge in [0.2, 0.25) is 0 Å². The van der Waals surface area contributed by atoms with Crippen LogP contribution < -0.4 is 5.32 Å². The van der Waals surface area contributed by atoms with E-state index < -0.39 is 0 Å². The lowest BCUT2D eigenvalue weighted by Crippen LogP contribution is -2.40. The minimum absolute atomic E-state index is 0. The molecular weight excluding hydrogens is 306 g/mol. The van der Waals surface area contributed by atoms with Crippen LogP contribution in [0.4, 0.5) is 0 Å². The lowest BCUT2D eigenvalue weighted by Gasteiger charge is -2.25. The molecule has 1 amide bonds. The number of halogens is 1. The van der Waals surface area contributed by atoms with Gasteiger partial charge in [-0.3, -0.25) is 9.48 Å². The summed E-state index contributed by atoms with van der Waals surface area (Å²) in [6.07, 6.45) is 6.61. The van der Waals surface area contributed by atoms with Crippen LogP contribution in [0.25, 0.3) is 0 Å². The maximum Gasteiger partial charge on any atom is 0.276 e. The number of piperidine rings is 1. The van der Waals surface area contributed by atoms with Crippen molar-refractivity contribution in [3.8, 4) is 0 Å². The van der Waals surface area contributed by atoms with Gasteiger partial charge in [-0.25, -0.2) is 0 Å². The zero-order valence-electron chi connectivity index (χ0n) is 12.7. The van der Waals surface area contributed by atoms with Gasteiger partial charge in [0.1, 0.15) is 0 Å². The summed E-state index contributed by atoms with van der Waals surface area (Å²) in [5.41, 5.74) is 0.438. The molecule has 2 fully saturated rings. The molecule has 3 rings (SSSR count). The largest absolute Gasteiger partial charge is 0.378 e. The molecule has 2 saturated heterocycles. The molecule has 1 atom stereocenters. The van der Waals surface area contributed by atoms with E-state index in [2.05, 4.69) is 15.6 Å². The molecule has 22 heavy (non-hydrogen) atoms. The van der Waals surface area contributed by atoms with Crippen molar-refractivity contribution in [2.45, 2.75) is 38.3 Å². The molecule has 8 heteroatoms. The first-order valence-corrected chi connectivity index (χ1v) is 7.83. The van der Waals surface area contributed by atoms with Crippen LogP contribution in [0.3, 0.4) is 0 Å². The van der Waals surface area contributed by atoms with E-state index in [4.69, 9.17) is 4.74 Å². The maximum absolute atomic E-state index is 12.3. The highest BCUT2D eigenvalue weighted by Gasteiger charge is 2.21. The molecule has 0 radical (unpaired) electrons. The normalized spacial score (nSPS) is 22.2. The van der Waals surface area contributed by atoms with Crippen LogP contribution in [-0.2, 0) is 11.3 Å². The third kappa shape index (κ3) is 4.41. The molecule has 0 aliphatic carbocycles. The van der Waals surface area contributed by atoms with Crippen molar-refractivity contribution < 1.29 is 9.53 Å². The molecule has 0 saturated carbocycles. The number of amides is 1. The lowest BCUT2D eigenvalue weighted by atomic mass is 10.0. The highest BCUT2D eigenvalue weighted by atomic mass is 35.5. The van der Waals surface area contributed by atoms with Crippen molar-refractivity contribution in [1.82, 2.24) is 25.2 Å². The van der Waals surface area contributed by atoms with E-state index in [0.29, 0.717) is 38.0 Å². The first kappa shape index (κ1) is 17.2. The van der Waals surface area contributed by atoms with E-state index in [1.54, 1.807) is 15.8 Å². The van der Waals surface area contributed by atoms with Crippen molar-refractivity contribution in [2.24, 2.45) is 0 Å². The third-order valence-electron chi connectivity index (χ3n) is 4.18. The number of morpholine rings is 1. The van der Waals surface area contributed by atoms with E-state index in [0.717, 1.165) is 19.5 Å². The minimum Gasteiger partial charge on any atom is -0.378 e. The van der Waals surface area contributed by atoms with Crippen molar-refractivity contribution in [3.63, 3.8) is 0 Å². The number of carbonyl (C=O) groups is 1. The van der Waals surface area contributed by atoms with Gasteiger partial charge in [-0.15, -0.1) is 17.5 Å². The molecule has 0 bridgehead atoms. The van der Waals surface area contributed by atoms with E-state index >= 15 is 0 Å². The highest BCUT2D eigenvalue weighted by molar-refractivity contribution is 5.91. The van der Waals surface area contributed by atoms with Gasteiger partial charge in [0, 0.05) is 25.7 Å². The number of hydrogen-bond donors (Lipinski definition) is 1. The summed E-state index contributed by atoms with van der Waals surface area (Å²) < 4.78 is 7.04. The summed E-state index contributed by atoms with van der Waals surface area (Å²) in [5, 5.41) is 11.6. The Hall–Kier alpha value is -1.18. The zero-order chi connectivity index (χ0) is 14.5. The van der Waals surface area contributed by atoms with Gasteiger partial charge >= 0.3 is 0 Å². The van der Waals surface area contributed by atoms with Gasteiger partial charge in [0.05, 0.1) is 19.4 Å². The Morgan fingerprint density at radius 2 is 2.18 bits per heavy atom. The average molecular weight is 330 g/mol. The van der Waals surface area contributed by atoms with Crippen LogP contribution in [0.2, 0.25) is 0 Å².